The number of piperazine rings is 1. The predicted molar refractivity (Wildman–Crippen MR) is 73.2 cm³/mol. The average Bonchev–Trinajstić information content (AvgIpc) is 2.31. The molecule has 2 rings (SSSR count). The van der Waals surface area contributed by atoms with Crippen LogP contribution in [0.4, 0.5) is 5.82 Å². The van der Waals surface area contributed by atoms with Gasteiger partial charge in [-0.15, -0.1) is 0 Å². The lowest BCUT2D eigenvalue weighted by molar-refractivity contribution is 0.125. The van der Waals surface area contributed by atoms with Crippen LogP contribution >= 0.6 is 0 Å². The topological polar surface area (TPSA) is 58.3 Å². The molecule has 0 bridgehead atoms. The van der Waals surface area contributed by atoms with Crippen LogP contribution in [-0.2, 0) is 6.54 Å². The molecule has 0 amide bonds. The van der Waals surface area contributed by atoms with Crippen molar-refractivity contribution in [3.63, 3.8) is 0 Å². The van der Waals surface area contributed by atoms with Crippen LogP contribution in [0.1, 0.15) is 24.9 Å². The molecule has 1 aliphatic heterocycles. The predicted octanol–water partition coefficient (Wildman–Crippen LogP) is 0.895. The molecule has 0 unspecified atom stereocenters. The summed E-state index contributed by atoms with van der Waals surface area (Å²) >= 11 is 0. The maximum Gasteiger partial charge on any atom is 0.144 e. The number of aryl methyl sites for hydroxylation is 1. The molecule has 0 atom stereocenters. The van der Waals surface area contributed by atoms with Gasteiger partial charge in [0.2, 0.25) is 0 Å². The van der Waals surface area contributed by atoms with E-state index >= 15 is 0 Å². The van der Waals surface area contributed by atoms with Gasteiger partial charge in [-0.05, 0) is 19.9 Å². The molecule has 1 fully saturated rings. The van der Waals surface area contributed by atoms with E-state index < -0.39 is 0 Å². The van der Waals surface area contributed by atoms with Gasteiger partial charge in [0.1, 0.15) is 11.6 Å². The van der Waals surface area contributed by atoms with Gasteiger partial charge in [0.25, 0.3) is 0 Å². The monoisotopic (exact) mass is 249 g/mol. The van der Waals surface area contributed by atoms with Crippen molar-refractivity contribution in [1.29, 1.82) is 0 Å². The molecular formula is C13H23N5. The lowest BCUT2D eigenvalue weighted by Gasteiger charge is -2.34. The molecule has 0 aromatic carbocycles. The van der Waals surface area contributed by atoms with Crippen molar-refractivity contribution in [3.05, 3.63) is 17.6 Å². The zero-order valence-electron chi connectivity index (χ0n) is 11.4. The van der Waals surface area contributed by atoms with E-state index in [4.69, 9.17) is 5.73 Å². The van der Waals surface area contributed by atoms with Crippen LogP contribution in [0.3, 0.4) is 0 Å². The molecule has 5 nitrogen and oxygen atoms in total. The Morgan fingerprint density at radius 2 is 1.83 bits per heavy atom. The Kier molecular flexibility index (Phi) is 4.49. The Morgan fingerprint density at radius 3 is 2.44 bits per heavy atom. The minimum atomic E-state index is 0.571. The van der Waals surface area contributed by atoms with E-state index in [1.807, 2.05) is 13.0 Å². The molecule has 0 saturated carbocycles. The molecule has 1 aromatic heterocycles. The number of rotatable bonds is 4. The number of nitrogens with zero attached hydrogens (tertiary/aromatic N) is 4. The summed E-state index contributed by atoms with van der Waals surface area (Å²) in [6, 6.07) is 1.81. The van der Waals surface area contributed by atoms with Gasteiger partial charge in [-0.2, -0.15) is 0 Å². The smallest absolute Gasteiger partial charge is 0.144 e. The third-order valence-electron chi connectivity index (χ3n) is 3.29. The van der Waals surface area contributed by atoms with Crippen molar-refractivity contribution in [2.24, 2.45) is 0 Å². The molecular weight excluding hydrogens is 226 g/mol. The minimum Gasteiger partial charge on any atom is -0.384 e. The van der Waals surface area contributed by atoms with Gasteiger partial charge in [0, 0.05) is 37.9 Å². The number of aromatic nitrogens is 2. The van der Waals surface area contributed by atoms with Gasteiger partial charge >= 0.3 is 0 Å². The second-order valence-corrected chi connectivity index (χ2v) is 4.97. The first-order valence-electron chi connectivity index (χ1n) is 6.72. The Hall–Kier alpha value is -1.20. The summed E-state index contributed by atoms with van der Waals surface area (Å²) in [5.41, 5.74) is 6.69. The van der Waals surface area contributed by atoms with E-state index in [1.54, 1.807) is 0 Å². The summed E-state index contributed by atoms with van der Waals surface area (Å²) in [4.78, 5) is 13.7. The van der Waals surface area contributed by atoms with Crippen LogP contribution in [0, 0.1) is 6.92 Å². The zero-order chi connectivity index (χ0) is 13.0. The molecule has 0 spiro atoms. The molecule has 0 aliphatic carbocycles. The van der Waals surface area contributed by atoms with Crippen molar-refractivity contribution < 1.29 is 0 Å². The highest BCUT2D eigenvalue weighted by Gasteiger charge is 2.17. The highest BCUT2D eigenvalue weighted by atomic mass is 15.3. The summed E-state index contributed by atoms with van der Waals surface area (Å²) in [6.07, 6.45) is 1.23. The van der Waals surface area contributed by atoms with Crippen molar-refractivity contribution >= 4 is 5.82 Å². The lowest BCUT2D eigenvalue weighted by atomic mass is 10.3. The third kappa shape index (κ3) is 3.65. The first-order valence-corrected chi connectivity index (χ1v) is 6.72. The van der Waals surface area contributed by atoms with Crippen LogP contribution in [0.25, 0.3) is 0 Å². The highest BCUT2D eigenvalue weighted by Crippen LogP contribution is 2.08. The SMILES string of the molecule is CCCN1CCN(Cc2nc(C)cc(N)n2)CC1. The van der Waals surface area contributed by atoms with Crippen molar-refractivity contribution in [2.45, 2.75) is 26.8 Å². The average molecular weight is 249 g/mol. The third-order valence-corrected chi connectivity index (χ3v) is 3.29. The van der Waals surface area contributed by atoms with Gasteiger partial charge in [-0.3, -0.25) is 4.90 Å². The summed E-state index contributed by atoms with van der Waals surface area (Å²) < 4.78 is 0. The molecule has 18 heavy (non-hydrogen) atoms. The summed E-state index contributed by atoms with van der Waals surface area (Å²) in [6.45, 7) is 10.7. The molecule has 1 saturated heterocycles. The van der Waals surface area contributed by atoms with Crippen molar-refractivity contribution in [1.82, 2.24) is 19.8 Å². The van der Waals surface area contributed by atoms with Gasteiger partial charge in [-0.1, -0.05) is 6.92 Å². The minimum absolute atomic E-state index is 0.571. The van der Waals surface area contributed by atoms with E-state index in [9.17, 15) is 0 Å². The fourth-order valence-electron chi connectivity index (χ4n) is 2.41. The number of anilines is 1. The van der Waals surface area contributed by atoms with Gasteiger partial charge in [0.05, 0.1) is 6.54 Å². The van der Waals surface area contributed by atoms with Crippen LogP contribution in [-0.4, -0.2) is 52.5 Å². The molecule has 5 heteroatoms. The Bertz CT molecular complexity index is 365. The maximum absolute atomic E-state index is 5.75. The Labute approximate surface area is 109 Å². The Balaban J connectivity index is 1.87. The van der Waals surface area contributed by atoms with E-state index in [2.05, 4.69) is 26.7 Å². The number of hydrogen-bond acceptors (Lipinski definition) is 5. The van der Waals surface area contributed by atoms with E-state index in [1.165, 1.54) is 13.0 Å². The van der Waals surface area contributed by atoms with Crippen LogP contribution in [0.5, 0.6) is 0 Å². The maximum atomic E-state index is 5.75. The second-order valence-electron chi connectivity index (χ2n) is 4.97. The van der Waals surface area contributed by atoms with E-state index in [0.717, 1.165) is 44.2 Å². The fraction of sp³-hybridized carbons (Fsp3) is 0.692. The number of hydrogen-bond donors (Lipinski definition) is 1. The van der Waals surface area contributed by atoms with Gasteiger partial charge in [-0.25, -0.2) is 9.97 Å². The highest BCUT2D eigenvalue weighted by molar-refractivity contribution is 5.29. The largest absolute Gasteiger partial charge is 0.384 e. The lowest BCUT2D eigenvalue weighted by Crippen LogP contribution is -2.46. The quantitative estimate of drug-likeness (QED) is 0.859. The van der Waals surface area contributed by atoms with Gasteiger partial charge in [0.15, 0.2) is 0 Å². The summed E-state index contributed by atoms with van der Waals surface area (Å²) in [5.74, 6) is 1.42. The van der Waals surface area contributed by atoms with E-state index in [-0.39, 0.29) is 0 Å². The Morgan fingerprint density at radius 1 is 1.17 bits per heavy atom. The van der Waals surface area contributed by atoms with Crippen LogP contribution in [0.2, 0.25) is 0 Å². The summed E-state index contributed by atoms with van der Waals surface area (Å²) in [7, 11) is 0. The van der Waals surface area contributed by atoms with E-state index in [0.29, 0.717) is 5.82 Å². The molecule has 2 heterocycles. The normalized spacial score (nSPS) is 18.1. The molecule has 2 N–H and O–H groups in total. The number of nitrogens with two attached hydrogens (primary N) is 1. The van der Waals surface area contributed by atoms with Crippen molar-refractivity contribution in [2.75, 3.05) is 38.5 Å². The second kappa shape index (κ2) is 6.11. The van der Waals surface area contributed by atoms with Crippen LogP contribution in [0.15, 0.2) is 6.07 Å². The fourth-order valence-corrected chi connectivity index (χ4v) is 2.41. The molecule has 1 aliphatic rings. The van der Waals surface area contributed by atoms with Crippen molar-refractivity contribution in [3.8, 4) is 0 Å². The molecule has 0 radical (unpaired) electrons. The van der Waals surface area contributed by atoms with Crippen LogP contribution < -0.4 is 5.73 Å². The summed E-state index contributed by atoms with van der Waals surface area (Å²) in [5, 5.41) is 0. The molecule has 1 aromatic rings. The number of nitrogen functional groups attached to an aromatic ring is 1. The standard InChI is InChI=1S/C13H23N5/c1-3-4-17-5-7-18(8-6-17)10-13-15-11(2)9-12(14)16-13/h9H,3-8,10H2,1-2H3,(H2,14,15,16). The zero-order valence-corrected chi connectivity index (χ0v) is 11.4. The first kappa shape index (κ1) is 13.2. The molecule has 100 valence electrons. The first-order chi connectivity index (χ1) is 8.67. The van der Waals surface area contributed by atoms with Gasteiger partial charge < -0.3 is 10.6 Å².